The first-order valence-corrected chi connectivity index (χ1v) is 10.3. The molecule has 24 heavy (non-hydrogen) atoms. The Hall–Kier alpha value is 0.500. The molecular formula is C12H20Br2Cl2N2O5P+. The maximum Gasteiger partial charge on any atom is 0.811 e. The van der Waals surface area contributed by atoms with Crippen molar-refractivity contribution in [3.8, 4) is 0 Å². The minimum absolute atomic E-state index is 0.135. The van der Waals surface area contributed by atoms with Crippen LogP contribution in [0.3, 0.4) is 0 Å². The fraction of sp³-hybridized carbons (Fsp3) is 0.833. The van der Waals surface area contributed by atoms with Crippen LogP contribution in [0.4, 0.5) is 0 Å². The van der Waals surface area contributed by atoms with Gasteiger partial charge in [0.05, 0.1) is 0 Å². The maximum absolute atomic E-state index is 12.0. The van der Waals surface area contributed by atoms with Gasteiger partial charge in [-0.25, -0.2) is 9.59 Å². The van der Waals surface area contributed by atoms with E-state index < -0.39 is 32.3 Å². The topological polar surface area (TPSA) is 76.2 Å². The molecule has 0 bridgehead atoms. The molecule has 140 valence electrons. The van der Waals surface area contributed by atoms with Gasteiger partial charge >= 0.3 is 20.2 Å². The molecule has 0 rings (SSSR count). The Balaban J connectivity index is 4.75. The molecule has 0 radical (unpaired) electrons. The highest BCUT2D eigenvalue weighted by atomic mass is 79.9. The number of nitrogens with zero attached hydrogens (tertiary/aromatic N) is 2. The molecule has 0 unspecified atom stereocenters. The molecule has 0 heterocycles. The van der Waals surface area contributed by atoms with Crippen LogP contribution in [0.25, 0.3) is 0 Å². The number of carbonyl (C=O) groups is 2. The van der Waals surface area contributed by atoms with Gasteiger partial charge in [0.1, 0.15) is 12.1 Å². The fourth-order valence-corrected chi connectivity index (χ4v) is 3.25. The van der Waals surface area contributed by atoms with Crippen molar-refractivity contribution in [1.82, 2.24) is 6.89 Å². The summed E-state index contributed by atoms with van der Waals surface area (Å²) in [6.45, 7) is 7.54. The van der Waals surface area contributed by atoms with Crippen LogP contribution in [0.2, 0.25) is 0 Å². The molecule has 0 aliphatic heterocycles. The largest absolute Gasteiger partial charge is 0.811 e. The van der Waals surface area contributed by atoms with E-state index in [0.717, 1.165) is 6.89 Å². The molecule has 0 saturated heterocycles. The molecule has 12 heteroatoms. The molecule has 0 amide bonds. The second-order valence-electron chi connectivity index (χ2n) is 5.85. The Kier molecular flexibility index (Phi) is 12.2. The van der Waals surface area contributed by atoms with Crippen LogP contribution in [-0.4, -0.2) is 30.9 Å². The molecule has 0 fully saturated rings. The van der Waals surface area contributed by atoms with Gasteiger partial charge in [-0.05, 0) is 48.2 Å². The monoisotopic (exact) mass is 531 g/mol. The van der Waals surface area contributed by atoms with Gasteiger partial charge in [-0.2, -0.15) is 9.05 Å². The van der Waals surface area contributed by atoms with Crippen molar-refractivity contribution < 1.29 is 23.2 Å². The second kappa shape index (κ2) is 12.0. The lowest BCUT2D eigenvalue weighted by Gasteiger charge is -2.17. The number of carbonyl (C=O) groups excluding carboxylic acids is 2. The molecule has 0 aliphatic carbocycles. The summed E-state index contributed by atoms with van der Waals surface area (Å²) in [5.41, 5.74) is 0. The molecule has 0 aromatic carbocycles. The van der Waals surface area contributed by atoms with Crippen LogP contribution < -0.4 is 0 Å². The molecule has 0 aromatic heterocycles. The summed E-state index contributed by atoms with van der Waals surface area (Å²) in [6, 6.07) is -1.76. The van der Waals surface area contributed by atoms with Crippen LogP contribution in [0.1, 0.15) is 40.5 Å². The predicted molar refractivity (Wildman–Crippen MR) is 99.5 cm³/mol. The minimum Gasteiger partial charge on any atom is -0.245 e. The summed E-state index contributed by atoms with van der Waals surface area (Å²) in [5, 5.41) is 0. The van der Waals surface area contributed by atoms with E-state index in [0.29, 0.717) is 12.8 Å². The Morgan fingerprint density at radius 2 is 1.21 bits per heavy atom. The quantitative estimate of drug-likeness (QED) is 0.286. The molecule has 7 nitrogen and oxygen atoms in total. The van der Waals surface area contributed by atoms with Crippen molar-refractivity contribution in [3.05, 3.63) is 0 Å². The highest BCUT2D eigenvalue weighted by Crippen LogP contribution is 2.31. The van der Waals surface area contributed by atoms with E-state index in [-0.39, 0.29) is 11.8 Å². The molecule has 0 spiro atoms. The lowest BCUT2D eigenvalue weighted by molar-refractivity contribution is -0.141. The van der Waals surface area contributed by atoms with E-state index in [9.17, 15) is 14.2 Å². The molecule has 0 aromatic rings. The first-order chi connectivity index (χ1) is 11.0. The number of hydrogen-bond acceptors (Lipinski definition) is 7. The van der Waals surface area contributed by atoms with Crippen molar-refractivity contribution in [2.45, 2.75) is 52.6 Å². The van der Waals surface area contributed by atoms with E-state index in [1.165, 1.54) is 0 Å². The highest BCUT2D eigenvalue weighted by molar-refractivity contribution is 9.08. The average Bonchev–Trinajstić information content (AvgIpc) is 2.40. The van der Waals surface area contributed by atoms with Crippen LogP contribution in [0.15, 0.2) is 0 Å². The average molecular weight is 534 g/mol. The van der Waals surface area contributed by atoms with Crippen LogP contribution in [0.5, 0.6) is 0 Å². The van der Waals surface area contributed by atoms with Crippen molar-refractivity contribution in [2.75, 3.05) is 0 Å². The van der Waals surface area contributed by atoms with Crippen molar-refractivity contribution in [3.63, 3.8) is 0 Å². The first-order valence-electron chi connectivity index (χ1n) is 7.08. The third-order valence-corrected chi connectivity index (χ3v) is 4.85. The summed E-state index contributed by atoms with van der Waals surface area (Å²) in [4.78, 5) is 24.0. The lowest BCUT2D eigenvalue weighted by atomic mass is 10.1. The number of rotatable bonds is 10. The Morgan fingerprint density at radius 1 is 0.917 bits per heavy atom. The first kappa shape index (κ1) is 24.5. The van der Waals surface area contributed by atoms with E-state index >= 15 is 0 Å². The van der Waals surface area contributed by atoms with E-state index in [2.05, 4.69) is 41.3 Å². The van der Waals surface area contributed by atoms with Gasteiger partial charge in [-0.3, -0.25) is 0 Å². The molecular weight excluding hydrogens is 514 g/mol. The highest BCUT2D eigenvalue weighted by Gasteiger charge is 2.40. The molecule has 0 N–H and O–H groups in total. The van der Waals surface area contributed by atoms with E-state index in [4.69, 9.17) is 23.6 Å². The zero-order valence-corrected chi connectivity index (χ0v) is 19.2. The minimum atomic E-state index is -2.99. The van der Waals surface area contributed by atoms with Gasteiger partial charge in [-0.1, -0.05) is 27.7 Å². The zero-order valence-electron chi connectivity index (χ0n) is 13.6. The number of hydrogen-bond donors (Lipinski definition) is 0. The predicted octanol–water partition coefficient (Wildman–Crippen LogP) is 5.09. The Bertz CT molecular complexity index is 417. The lowest BCUT2D eigenvalue weighted by Crippen LogP contribution is -2.33. The van der Waals surface area contributed by atoms with Gasteiger partial charge in [0.15, 0.2) is 0 Å². The second-order valence-corrected chi connectivity index (χ2v) is 9.74. The summed E-state index contributed by atoms with van der Waals surface area (Å²) in [7, 11) is -2.99. The summed E-state index contributed by atoms with van der Waals surface area (Å²) >= 11 is 17.4. The van der Waals surface area contributed by atoms with Crippen LogP contribution in [-0.2, 0) is 23.2 Å². The summed E-state index contributed by atoms with van der Waals surface area (Å²) in [5.74, 6) is -1.47. The number of halogens is 4. The summed E-state index contributed by atoms with van der Waals surface area (Å²) < 4.78 is 23.1. The SMILES string of the molecule is CC(C)C[C@@H](C(=O)O[P+](=O)OC(=O)[C@H](CC(C)C)N(Cl)Br)N(Cl)Br. The standard InChI is InChI=1S/C12H20Br2Cl2N2O5P/c1-7(2)5-9(17(13)15)11(19)22-24(21)23-12(20)10(18(14)16)6-8(3)4/h7-10H,5-6H2,1-4H3/q+1/t9-,10-/m0/s1. The molecule has 0 saturated carbocycles. The normalized spacial score (nSPS) is 14.2. The van der Waals surface area contributed by atoms with Crippen LogP contribution in [0, 0.1) is 11.8 Å². The third-order valence-electron chi connectivity index (χ3n) is 2.73. The Morgan fingerprint density at radius 3 is 1.42 bits per heavy atom. The van der Waals surface area contributed by atoms with Gasteiger partial charge < -0.3 is 0 Å². The smallest absolute Gasteiger partial charge is 0.245 e. The maximum atomic E-state index is 12.0. The van der Waals surface area contributed by atoms with Crippen molar-refractivity contribution in [2.24, 2.45) is 11.8 Å². The zero-order chi connectivity index (χ0) is 19.0. The van der Waals surface area contributed by atoms with Crippen molar-refractivity contribution >= 4 is 76.0 Å². The molecule has 2 atom stereocenters. The van der Waals surface area contributed by atoms with E-state index in [1.54, 1.807) is 0 Å². The third kappa shape index (κ3) is 9.85. The van der Waals surface area contributed by atoms with Crippen LogP contribution >= 0.6 is 64.1 Å². The summed E-state index contributed by atoms with van der Waals surface area (Å²) in [6.07, 6.45) is 0.717. The fourth-order valence-electron chi connectivity index (χ4n) is 1.69. The van der Waals surface area contributed by atoms with Crippen molar-refractivity contribution in [1.29, 1.82) is 0 Å². The Labute approximate surface area is 170 Å². The van der Waals surface area contributed by atoms with Gasteiger partial charge in [-0.15, -0.1) is 6.89 Å². The van der Waals surface area contributed by atoms with Gasteiger partial charge in [0, 0.05) is 36.9 Å². The van der Waals surface area contributed by atoms with Gasteiger partial charge in [0.25, 0.3) is 0 Å². The van der Waals surface area contributed by atoms with E-state index in [1.807, 2.05) is 27.7 Å². The van der Waals surface area contributed by atoms with Gasteiger partial charge in [0.2, 0.25) is 0 Å². The molecule has 0 aliphatic rings.